The molecule has 8 nitrogen and oxygen atoms in total. The molecule has 3 rings (SSSR count). The summed E-state index contributed by atoms with van der Waals surface area (Å²) in [5.74, 6) is 0.344. The molecule has 0 unspecified atom stereocenters. The van der Waals surface area contributed by atoms with Crippen LogP contribution in [0.1, 0.15) is 23.3 Å². The molecule has 0 bridgehead atoms. The number of aromatic nitrogens is 1. The number of benzene rings is 1. The van der Waals surface area contributed by atoms with Crippen molar-refractivity contribution in [3.05, 3.63) is 48.3 Å². The molecule has 2 aromatic rings. The van der Waals surface area contributed by atoms with Crippen LogP contribution in [0.3, 0.4) is 0 Å². The highest BCUT2D eigenvalue weighted by molar-refractivity contribution is 5.95. The smallest absolute Gasteiger partial charge is 0.269 e. The molecule has 158 valence electrons. The lowest BCUT2D eigenvalue weighted by Crippen LogP contribution is -2.29. The highest BCUT2D eigenvalue weighted by Gasteiger charge is 2.30. The Balaban J connectivity index is 0.00000210. The number of carbonyl (C=O) groups is 2. The quantitative estimate of drug-likeness (QED) is 0.632. The molecular formula is C19H24Cl2N4O4. The molecule has 2 heterocycles. The zero-order valence-electron chi connectivity index (χ0n) is 15.8. The van der Waals surface area contributed by atoms with E-state index >= 15 is 0 Å². The minimum Gasteiger partial charge on any atom is -0.455 e. The summed E-state index contributed by atoms with van der Waals surface area (Å²) >= 11 is 0. The van der Waals surface area contributed by atoms with Gasteiger partial charge in [-0.25, -0.2) is 0 Å². The third-order valence-corrected chi connectivity index (χ3v) is 4.23. The lowest BCUT2D eigenvalue weighted by molar-refractivity contribution is -0.126. The first-order chi connectivity index (χ1) is 13.1. The van der Waals surface area contributed by atoms with Crippen LogP contribution in [-0.4, -0.2) is 42.6 Å². The van der Waals surface area contributed by atoms with Crippen molar-refractivity contribution in [1.82, 2.24) is 10.3 Å². The van der Waals surface area contributed by atoms with Crippen molar-refractivity contribution in [3.8, 4) is 11.5 Å². The number of ether oxygens (including phenoxy) is 2. The predicted molar refractivity (Wildman–Crippen MR) is 114 cm³/mol. The fourth-order valence-corrected chi connectivity index (χ4v) is 2.80. The Morgan fingerprint density at radius 1 is 1.24 bits per heavy atom. The van der Waals surface area contributed by atoms with Gasteiger partial charge in [-0.1, -0.05) is 12.1 Å². The van der Waals surface area contributed by atoms with Crippen LogP contribution in [0.15, 0.2) is 42.6 Å². The molecule has 4 N–H and O–H groups in total. The largest absolute Gasteiger partial charge is 0.455 e. The molecule has 1 aromatic carbocycles. The Bertz CT molecular complexity index is 837. The number of nitrogens with one attached hydrogen (secondary N) is 2. The van der Waals surface area contributed by atoms with Crippen LogP contribution in [0.2, 0.25) is 0 Å². The van der Waals surface area contributed by atoms with Gasteiger partial charge in [0.1, 0.15) is 17.5 Å². The topological polar surface area (TPSA) is 116 Å². The zero-order valence-corrected chi connectivity index (χ0v) is 17.4. The summed E-state index contributed by atoms with van der Waals surface area (Å²) < 4.78 is 11.5. The van der Waals surface area contributed by atoms with E-state index in [0.717, 1.165) is 6.42 Å². The summed E-state index contributed by atoms with van der Waals surface area (Å²) in [5, 5.41) is 5.35. The molecule has 1 aromatic heterocycles. The molecule has 0 saturated carbocycles. The molecule has 2 atom stereocenters. The number of amides is 2. The van der Waals surface area contributed by atoms with Gasteiger partial charge in [0, 0.05) is 25.9 Å². The lowest BCUT2D eigenvalue weighted by Gasteiger charge is -2.15. The summed E-state index contributed by atoms with van der Waals surface area (Å²) in [7, 11) is 1.53. The van der Waals surface area contributed by atoms with Crippen molar-refractivity contribution >= 4 is 42.3 Å². The van der Waals surface area contributed by atoms with E-state index in [1.807, 2.05) is 0 Å². The van der Waals surface area contributed by atoms with Crippen LogP contribution in [0, 0.1) is 0 Å². The summed E-state index contributed by atoms with van der Waals surface area (Å²) in [6.07, 6.45) is 2.29. The Hall–Kier alpha value is -2.39. The number of para-hydroxylation sites is 2. The molecule has 1 aliphatic heterocycles. The van der Waals surface area contributed by atoms with Gasteiger partial charge in [-0.05, 0) is 31.0 Å². The third kappa shape index (κ3) is 6.30. The first-order valence-electron chi connectivity index (χ1n) is 8.72. The summed E-state index contributed by atoms with van der Waals surface area (Å²) in [6, 6.07) is 10.2. The Kier molecular flexibility index (Phi) is 9.84. The number of pyridine rings is 1. The molecule has 2 amide bonds. The van der Waals surface area contributed by atoms with Crippen LogP contribution in [0.4, 0.5) is 5.69 Å². The van der Waals surface area contributed by atoms with E-state index in [1.165, 1.54) is 19.3 Å². The van der Waals surface area contributed by atoms with Crippen molar-refractivity contribution in [2.45, 2.75) is 25.0 Å². The van der Waals surface area contributed by atoms with Crippen LogP contribution in [0.5, 0.6) is 11.5 Å². The predicted octanol–water partition coefficient (Wildman–Crippen LogP) is 2.52. The second-order valence-corrected chi connectivity index (χ2v) is 6.10. The maximum absolute atomic E-state index is 12.5. The van der Waals surface area contributed by atoms with Gasteiger partial charge in [0.25, 0.3) is 11.8 Å². The van der Waals surface area contributed by atoms with E-state index < -0.39 is 6.10 Å². The first kappa shape index (κ1) is 24.6. The Labute approximate surface area is 181 Å². The van der Waals surface area contributed by atoms with Crippen molar-refractivity contribution < 1.29 is 19.1 Å². The van der Waals surface area contributed by atoms with E-state index in [0.29, 0.717) is 30.2 Å². The molecule has 29 heavy (non-hydrogen) atoms. The van der Waals surface area contributed by atoms with Gasteiger partial charge in [0.2, 0.25) is 0 Å². The molecular weight excluding hydrogens is 419 g/mol. The molecule has 10 heteroatoms. The second-order valence-electron chi connectivity index (χ2n) is 6.10. The summed E-state index contributed by atoms with van der Waals surface area (Å²) in [4.78, 5) is 28.2. The molecule has 1 saturated heterocycles. The molecule has 1 fully saturated rings. The summed E-state index contributed by atoms with van der Waals surface area (Å²) in [5.41, 5.74) is 6.35. The number of hydrogen-bond acceptors (Lipinski definition) is 6. The van der Waals surface area contributed by atoms with Gasteiger partial charge in [0.15, 0.2) is 5.75 Å². The van der Waals surface area contributed by atoms with Crippen molar-refractivity contribution in [2.24, 2.45) is 5.73 Å². The van der Waals surface area contributed by atoms with Gasteiger partial charge >= 0.3 is 0 Å². The number of nitrogens with zero attached hydrogens (tertiary/aromatic N) is 1. The van der Waals surface area contributed by atoms with Crippen LogP contribution in [0.25, 0.3) is 0 Å². The number of nitrogens with two attached hydrogens (primary N) is 1. The number of hydrogen-bond donors (Lipinski definition) is 3. The van der Waals surface area contributed by atoms with Gasteiger partial charge in [0.05, 0.1) is 11.8 Å². The van der Waals surface area contributed by atoms with E-state index in [9.17, 15) is 9.59 Å². The monoisotopic (exact) mass is 442 g/mol. The lowest BCUT2D eigenvalue weighted by atomic mass is 10.2. The minimum absolute atomic E-state index is 0. The molecule has 0 radical (unpaired) electrons. The minimum atomic E-state index is -0.521. The molecule has 0 spiro atoms. The summed E-state index contributed by atoms with van der Waals surface area (Å²) in [6.45, 7) is 0.402. The fourth-order valence-electron chi connectivity index (χ4n) is 2.80. The fraction of sp³-hybridized carbons (Fsp3) is 0.316. The zero-order chi connectivity index (χ0) is 19.2. The molecule has 0 aliphatic carbocycles. The highest BCUT2D eigenvalue weighted by atomic mass is 35.5. The van der Waals surface area contributed by atoms with E-state index in [1.54, 1.807) is 30.3 Å². The maximum Gasteiger partial charge on any atom is 0.269 e. The maximum atomic E-state index is 12.5. The normalized spacial score (nSPS) is 17.4. The van der Waals surface area contributed by atoms with Crippen LogP contribution in [-0.2, 0) is 9.53 Å². The van der Waals surface area contributed by atoms with Crippen LogP contribution >= 0.6 is 24.8 Å². The highest BCUT2D eigenvalue weighted by Crippen LogP contribution is 2.30. The van der Waals surface area contributed by atoms with Crippen molar-refractivity contribution in [2.75, 3.05) is 18.9 Å². The number of anilines is 1. The third-order valence-electron chi connectivity index (χ3n) is 4.23. The van der Waals surface area contributed by atoms with E-state index in [4.69, 9.17) is 15.2 Å². The first-order valence-corrected chi connectivity index (χ1v) is 8.72. The Morgan fingerprint density at radius 3 is 2.69 bits per heavy atom. The van der Waals surface area contributed by atoms with Gasteiger partial charge in [-0.15, -0.1) is 24.8 Å². The van der Waals surface area contributed by atoms with E-state index in [-0.39, 0.29) is 48.4 Å². The molecule has 1 aliphatic rings. The second kappa shape index (κ2) is 11.6. The average Bonchev–Trinajstić information content (AvgIpc) is 3.18. The number of rotatable bonds is 6. The average molecular weight is 443 g/mol. The van der Waals surface area contributed by atoms with Crippen molar-refractivity contribution in [1.29, 1.82) is 0 Å². The van der Waals surface area contributed by atoms with Crippen LogP contribution < -0.4 is 21.1 Å². The Morgan fingerprint density at radius 2 is 2.00 bits per heavy atom. The van der Waals surface area contributed by atoms with Gasteiger partial charge in [-0.2, -0.15) is 0 Å². The van der Waals surface area contributed by atoms with Crippen molar-refractivity contribution in [3.63, 3.8) is 0 Å². The van der Waals surface area contributed by atoms with Gasteiger partial charge < -0.3 is 25.8 Å². The van der Waals surface area contributed by atoms with Gasteiger partial charge in [-0.3, -0.25) is 14.6 Å². The number of carbonyl (C=O) groups excluding carboxylic acids is 2. The standard InChI is InChI=1S/C19H22N4O4.2ClH/c1-21-18(24)15-10-12(8-9-22-15)26-16-5-3-2-4-14(16)23-19(25)17-7-6-13(11-20)27-17;;/h2-5,8-10,13,17H,6-7,11,20H2,1H3,(H,21,24)(H,23,25);2*1H/t13-,17+;;/m1../s1. The van der Waals surface area contributed by atoms with E-state index in [2.05, 4.69) is 15.6 Å². The number of halogens is 2. The SMILES string of the molecule is CNC(=O)c1cc(Oc2ccccc2NC(=O)[C@@H]2CC[C@H](CN)O2)ccn1.Cl.Cl.